The monoisotopic (exact) mass is 361 g/mol. The molecule has 0 heterocycles. The Morgan fingerprint density at radius 3 is 2.56 bits per heavy atom. The van der Waals surface area contributed by atoms with Crippen molar-refractivity contribution in [1.29, 1.82) is 0 Å². The molecule has 0 aliphatic heterocycles. The first-order valence-electron chi connectivity index (χ1n) is 5.70. The van der Waals surface area contributed by atoms with Gasteiger partial charge in [0.25, 0.3) is 5.91 Å². The third-order valence-electron chi connectivity index (χ3n) is 2.43. The molecule has 0 saturated carbocycles. The smallest absolute Gasteiger partial charge is 0.325 e. The van der Waals surface area contributed by atoms with Gasteiger partial charge in [0.05, 0.1) is 12.7 Å². The number of carbonyl (C=O) groups is 2. The van der Waals surface area contributed by atoms with Crippen molar-refractivity contribution in [2.24, 2.45) is 0 Å². The van der Waals surface area contributed by atoms with Gasteiger partial charge >= 0.3 is 5.97 Å². The summed E-state index contributed by atoms with van der Waals surface area (Å²) in [6.07, 6.45) is 0.798. The molecule has 0 aliphatic rings. The highest BCUT2D eigenvalue weighted by Gasteiger charge is 2.19. The van der Waals surface area contributed by atoms with Crippen molar-refractivity contribution in [2.45, 2.75) is 13.3 Å². The second-order valence-corrected chi connectivity index (χ2v) is 4.94. The quantitative estimate of drug-likeness (QED) is 0.597. The standard InChI is InChI=1S/C13H16INO3/c1-3-8-15(9-12(16)18-2)13(17)10-6-4-5-7-11(10)14/h4-7H,3,8-9H2,1-2H3. The van der Waals surface area contributed by atoms with Gasteiger partial charge in [-0.15, -0.1) is 0 Å². The summed E-state index contributed by atoms with van der Waals surface area (Å²) in [4.78, 5) is 25.1. The maximum Gasteiger partial charge on any atom is 0.325 e. The van der Waals surface area contributed by atoms with Crippen molar-refractivity contribution in [2.75, 3.05) is 20.2 Å². The van der Waals surface area contributed by atoms with Crippen LogP contribution in [0, 0.1) is 3.57 Å². The summed E-state index contributed by atoms with van der Waals surface area (Å²) in [5, 5.41) is 0. The van der Waals surface area contributed by atoms with Crippen LogP contribution in [-0.4, -0.2) is 37.0 Å². The van der Waals surface area contributed by atoms with E-state index in [1.54, 1.807) is 6.07 Å². The van der Waals surface area contributed by atoms with Gasteiger partial charge < -0.3 is 9.64 Å². The summed E-state index contributed by atoms with van der Waals surface area (Å²) < 4.78 is 5.49. The summed E-state index contributed by atoms with van der Waals surface area (Å²) in [6.45, 7) is 2.50. The Morgan fingerprint density at radius 2 is 2.00 bits per heavy atom. The topological polar surface area (TPSA) is 46.6 Å². The second-order valence-electron chi connectivity index (χ2n) is 3.78. The highest BCUT2D eigenvalue weighted by molar-refractivity contribution is 14.1. The minimum Gasteiger partial charge on any atom is -0.468 e. The molecule has 1 aromatic rings. The summed E-state index contributed by atoms with van der Waals surface area (Å²) in [7, 11) is 1.32. The lowest BCUT2D eigenvalue weighted by molar-refractivity contribution is -0.141. The molecule has 1 rings (SSSR count). The molecule has 0 unspecified atom stereocenters. The van der Waals surface area contributed by atoms with Crippen LogP contribution >= 0.6 is 22.6 Å². The Bertz CT molecular complexity index is 434. The van der Waals surface area contributed by atoms with Gasteiger partial charge in [0.15, 0.2) is 0 Å². The third kappa shape index (κ3) is 3.97. The van der Waals surface area contributed by atoms with E-state index in [-0.39, 0.29) is 12.5 Å². The summed E-state index contributed by atoms with van der Waals surface area (Å²) in [5.74, 6) is -0.532. The normalized spacial score (nSPS) is 9.94. The van der Waals surface area contributed by atoms with Gasteiger partial charge in [-0.05, 0) is 41.1 Å². The van der Waals surface area contributed by atoms with E-state index in [9.17, 15) is 9.59 Å². The summed E-state index contributed by atoms with van der Waals surface area (Å²) >= 11 is 2.12. The van der Waals surface area contributed by atoms with Gasteiger partial charge in [0.2, 0.25) is 0 Å². The summed E-state index contributed by atoms with van der Waals surface area (Å²) in [6, 6.07) is 7.33. The van der Waals surface area contributed by atoms with Gasteiger partial charge in [-0.1, -0.05) is 19.1 Å². The van der Waals surface area contributed by atoms with E-state index in [1.165, 1.54) is 12.0 Å². The Labute approximate surface area is 120 Å². The van der Waals surface area contributed by atoms with E-state index in [0.717, 1.165) is 9.99 Å². The van der Waals surface area contributed by atoms with E-state index in [4.69, 9.17) is 0 Å². The zero-order valence-corrected chi connectivity index (χ0v) is 12.6. The third-order valence-corrected chi connectivity index (χ3v) is 3.37. The SMILES string of the molecule is CCCN(CC(=O)OC)C(=O)c1ccccc1I. The van der Waals surface area contributed by atoms with E-state index < -0.39 is 5.97 Å². The number of benzene rings is 1. The molecule has 0 radical (unpaired) electrons. The Balaban J connectivity index is 2.89. The molecule has 18 heavy (non-hydrogen) atoms. The van der Waals surface area contributed by atoms with Gasteiger partial charge in [0.1, 0.15) is 6.54 Å². The summed E-state index contributed by atoms with van der Waals surface area (Å²) in [5.41, 5.74) is 0.621. The number of carbonyl (C=O) groups excluding carboxylic acids is 2. The average molecular weight is 361 g/mol. The molecule has 0 aromatic heterocycles. The van der Waals surface area contributed by atoms with Crippen LogP contribution in [0.3, 0.4) is 0 Å². The molecule has 0 atom stereocenters. The molecule has 4 nitrogen and oxygen atoms in total. The van der Waals surface area contributed by atoms with Crippen molar-refractivity contribution in [3.8, 4) is 0 Å². The van der Waals surface area contributed by atoms with Crippen LogP contribution < -0.4 is 0 Å². The number of methoxy groups -OCH3 is 1. The molecule has 5 heteroatoms. The molecular weight excluding hydrogens is 345 g/mol. The lowest BCUT2D eigenvalue weighted by Gasteiger charge is -2.21. The van der Waals surface area contributed by atoms with Crippen LogP contribution in [0.2, 0.25) is 0 Å². The van der Waals surface area contributed by atoms with Crippen LogP contribution in [0.5, 0.6) is 0 Å². The van der Waals surface area contributed by atoms with Gasteiger partial charge in [-0.3, -0.25) is 9.59 Å². The van der Waals surface area contributed by atoms with E-state index in [1.807, 2.05) is 25.1 Å². The van der Waals surface area contributed by atoms with Crippen molar-refractivity contribution in [3.63, 3.8) is 0 Å². The number of hydrogen-bond acceptors (Lipinski definition) is 3. The van der Waals surface area contributed by atoms with Crippen LogP contribution in [0.25, 0.3) is 0 Å². The lowest BCUT2D eigenvalue weighted by atomic mass is 10.2. The Morgan fingerprint density at radius 1 is 1.33 bits per heavy atom. The number of rotatable bonds is 5. The number of halogens is 1. The first kappa shape index (κ1) is 14.9. The fraction of sp³-hybridized carbons (Fsp3) is 0.385. The highest BCUT2D eigenvalue weighted by atomic mass is 127. The number of hydrogen-bond donors (Lipinski definition) is 0. The van der Waals surface area contributed by atoms with Crippen LogP contribution in [0.1, 0.15) is 23.7 Å². The number of esters is 1. The highest BCUT2D eigenvalue weighted by Crippen LogP contribution is 2.14. The number of amides is 1. The van der Waals surface area contributed by atoms with Gasteiger partial charge in [-0.2, -0.15) is 0 Å². The maximum atomic E-state index is 12.3. The van der Waals surface area contributed by atoms with Crippen LogP contribution in [-0.2, 0) is 9.53 Å². The average Bonchev–Trinajstić information content (AvgIpc) is 2.38. The first-order valence-corrected chi connectivity index (χ1v) is 6.78. The number of ether oxygens (including phenoxy) is 1. The molecule has 1 amide bonds. The fourth-order valence-electron chi connectivity index (χ4n) is 1.55. The van der Waals surface area contributed by atoms with E-state index >= 15 is 0 Å². The molecule has 0 saturated heterocycles. The van der Waals surface area contributed by atoms with Crippen molar-refractivity contribution in [3.05, 3.63) is 33.4 Å². The van der Waals surface area contributed by atoms with Gasteiger partial charge in [0, 0.05) is 10.1 Å². The lowest BCUT2D eigenvalue weighted by Crippen LogP contribution is -2.37. The molecule has 98 valence electrons. The predicted octanol–water partition coefficient (Wildman–Crippen LogP) is 2.32. The van der Waals surface area contributed by atoms with Crippen molar-refractivity contribution < 1.29 is 14.3 Å². The molecule has 0 bridgehead atoms. The predicted molar refractivity (Wildman–Crippen MR) is 77.4 cm³/mol. The number of nitrogens with zero attached hydrogens (tertiary/aromatic N) is 1. The Hall–Kier alpha value is -1.11. The van der Waals surface area contributed by atoms with Crippen molar-refractivity contribution in [1.82, 2.24) is 4.90 Å². The minimum absolute atomic E-state index is 0.00581. The van der Waals surface area contributed by atoms with E-state index in [0.29, 0.717) is 12.1 Å². The van der Waals surface area contributed by atoms with Crippen LogP contribution in [0.4, 0.5) is 0 Å². The Kier molecular flexibility index (Phi) is 6.11. The second kappa shape index (κ2) is 7.35. The fourth-order valence-corrected chi connectivity index (χ4v) is 2.17. The van der Waals surface area contributed by atoms with Gasteiger partial charge in [-0.25, -0.2) is 0 Å². The molecule has 0 aliphatic carbocycles. The molecule has 0 N–H and O–H groups in total. The zero-order chi connectivity index (χ0) is 13.5. The zero-order valence-electron chi connectivity index (χ0n) is 10.5. The molecular formula is C13H16INO3. The minimum atomic E-state index is -0.400. The largest absolute Gasteiger partial charge is 0.468 e. The van der Waals surface area contributed by atoms with Crippen molar-refractivity contribution >= 4 is 34.5 Å². The first-order chi connectivity index (χ1) is 8.60. The molecule has 1 aromatic carbocycles. The van der Waals surface area contributed by atoms with Crippen LogP contribution in [0.15, 0.2) is 24.3 Å². The molecule has 0 fully saturated rings. The maximum absolute atomic E-state index is 12.3. The molecule has 0 spiro atoms. The van der Waals surface area contributed by atoms with E-state index in [2.05, 4.69) is 27.3 Å².